The summed E-state index contributed by atoms with van der Waals surface area (Å²) in [6.07, 6.45) is 1.53. The number of nitrogens with zero attached hydrogens (tertiary/aromatic N) is 2. The molecule has 1 aromatic carbocycles. The fourth-order valence-electron chi connectivity index (χ4n) is 1.84. The third-order valence-electron chi connectivity index (χ3n) is 3.00. The molecule has 9 heteroatoms. The lowest BCUT2D eigenvalue weighted by Crippen LogP contribution is -2.14. The molecule has 1 heterocycles. The van der Waals surface area contributed by atoms with E-state index >= 15 is 0 Å². The van der Waals surface area contributed by atoms with Crippen molar-refractivity contribution in [3.8, 4) is 11.1 Å². The maximum absolute atomic E-state index is 14.0. The van der Waals surface area contributed by atoms with Gasteiger partial charge in [0.2, 0.25) is 0 Å². The number of halogens is 2. The summed E-state index contributed by atoms with van der Waals surface area (Å²) in [6, 6.07) is 1.61. The summed E-state index contributed by atoms with van der Waals surface area (Å²) in [4.78, 5) is 10.6. The van der Waals surface area contributed by atoms with Gasteiger partial charge in [-0.15, -0.1) is 0 Å². The standard InChI is InChI=1S/C13H12F2N2O4S/c1-2-22(20,21)17-7-9(6-16-17)10-5-11(14)8(3-12(10)15)4-13(18)19/h3,5-7H,2,4H2,1H3,(H,18,19). The van der Waals surface area contributed by atoms with Crippen LogP contribution in [0.1, 0.15) is 12.5 Å². The van der Waals surface area contributed by atoms with Gasteiger partial charge in [0.05, 0.1) is 24.6 Å². The van der Waals surface area contributed by atoms with Crippen molar-refractivity contribution in [2.75, 3.05) is 5.75 Å². The average Bonchev–Trinajstić information content (AvgIpc) is 2.92. The topological polar surface area (TPSA) is 89.3 Å². The highest BCUT2D eigenvalue weighted by molar-refractivity contribution is 7.89. The summed E-state index contributed by atoms with van der Waals surface area (Å²) in [6.45, 7) is 1.43. The minimum Gasteiger partial charge on any atom is -0.481 e. The number of rotatable bonds is 5. The first kappa shape index (κ1) is 16.1. The van der Waals surface area contributed by atoms with Gasteiger partial charge in [-0.1, -0.05) is 0 Å². The second-order valence-electron chi connectivity index (χ2n) is 4.50. The molecule has 2 rings (SSSR count). The van der Waals surface area contributed by atoms with Crippen LogP contribution in [0.5, 0.6) is 0 Å². The first-order valence-electron chi connectivity index (χ1n) is 6.22. The smallest absolute Gasteiger partial charge is 0.307 e. The number of hydrogen-bond donors (Lipinski definition) is 1. The van der Waals surface area contributed by atoms with Crippen LogP contribution < -0.4 is 0 Å². The van der Waals surface area contributed by atoms with E-state index in [2.05, 4.69) is 5.10 Å². The van der Waals surface area contributed by atoms with E-state index in [9.17, 15) is 22.0 Å². The monoisotopic (exact) mass is 330 g/mol. The van der Waals surface area contributed by atoms with E-state index in [0.29, 0.717) is 4.09 Å². The molecule has 0 spiro atoms. The van der Waals surface area contributed by atoms with Crippen molar-refractivity contribution in [2.24, 2.45) is 0 Å². The second kappa shape index (κ2) is 5.84. The van der Waals surface area contributed by atoms with E-state index < -0.39 is 34.0 Å². The SMILES string of the molecule is CCS(=O)(=O)n1cc(-c2cc(F)c(CC(=O)O)cc2F)cn1. The number of hydrogen-bond acceptors (Lipinski definition) is 4. The maximum atomic E-state index is 14.0. The summed E-state index contributed by atoms with van der Waals surface area (Å²) in [5.74, 6) is -3.22. The van der Waals surface area contributed by atoms with Gasteiger partial charge in [-0.25, -0.2) is 17.2 Å². The van der Waals surface area contributed by atoms with Crippen molar-refractivity contribution in [3.05, 3.63) is 41.7 Å². The van der Waals surface area contributed by atoms with Gasteiger partial charge in [0, 0.05) is 16.7 Å². The molecule has 0 radical (unpaired) electrons. The van der Waals surface area contributed by atoms with Gasteiger partial charge in [0.15, 0.2) is 0 Å². The van der Waals surface area contributed by atoms with E-state index in [0.717, 1.165) is 24.5 Å². The third kappa shape index (κ3) is 3.14. The predicted octanol–water partition coefficient (Wildman–Crippen LogP) is 1.65. The molecule has 22 heavy (non-hydrogen) atoms. The Morgan fingerprint density at radius 1 is 1.32 bits per heavy atom. The summed E-state index contributed by atoms with van der Waals surface area (Å²) in [5.41, 5.74) is -0.401. The lowest BCUT2D eigenvalue weighted by molar-refractivity contribution is -0.136. The Morgan fingerprint density at radius 2 is 2.00 bits per heavy atom. The third-order valence-corrected chi connectivity index (χ3v) is 4.50. The average molecular weight is 330 g/mol. The molecule has 118 valence electrons. The molecule has 0 atom stereocenters. The molecule has 0 saturated carbocycles. The molecule has 0 fully saturated rings. The molecule has 0 aliphatic carbocycles. The highest BCUT2D eigenvalue weighted by Crippen LogP contribution is 2.26. The lowest BCUT2D eigenvalue weighted by atomic mass is 10.0. The van der Waals surface area contributed by atoms with Crippen molar-refractivity contribution in [3.63, 3.8) is 0 Å². The highest BCUT2D eigenvalue weighted by Gasteiger charge is 2.17. The van der Waals surface area contributed by atoms with Crippen molar-refractivity contribution >= 4 is 16.0 Å². The van der Waals surface area contributed by atoms with Crippen LogP contribution >= 0.6 is 0 Å². The first-order chi connectivity index (χ1) is 10.2. The Labute approximate surface area is 125 Å². The Balaban J connectivity index is 2.46. The van der Waals surface area contributed by atoms with E-state index in [1.165, 1.54) is 6.92 Å². The Kier molecular flexibility index (Phi) is 4.27. The maximum Gasteiger partial charge on any atom is 0.307 e. The number of benzene rings is 1. The zero-order valence-electron chi connectivity index (χ0n) is 11.5. The lowest BCUT2D eigenvalue weighted by Gasteiger charge is -2.05. The minimum absolute atomic E-state index is 0.0790. The molecule has 2 aromatic rings. The van der Waals surface area contributed by atoms with Crippen LogP contribution in [0.3, 0.4) is 0 Å². The van der Waals surface area contributed by atoms with Gasteiger partial charge >= 0.3 is 5.97 Å². The van der Waals surface area contributed by atoms with Gasteiger partial charge in [-0.2, -0.15) is 9.19 Å². The Bertz CT molecular complexity index is 831. The number of carboxylic acid groups (broad SMARTS) is 1. The summed E-state index contributed by atoms with van der Waals surface area (Å²) < 4.78 is 51.8. The van der Waals surface area contributed by atoms with Crippen LogP contribution in [-0.4, -0.2) is 34.4 Å². The number of carbonyl (C=O) groups is 1. The molecule has 0 aliphatic heterocycles. The van der Waals surface area contributed by atoms with E-state index in [1.807, 2.05) is 0 Å². The molecule has 1 N–H and O–H groups in total. The van der Waals surface area contributed by atoms with Crippen LogP contribution in [0, 0.1) is 11.6 Å². The van der Waals surface area contributed by atoms with Crippen LogP contribution in [0.4, 0.5) is 8.78 Å². The Hall–Kier alpha value is -2.29. The van der Waals surface area contributed by atoms with Gasteiger partial charge in [0.25, 0.3) is 10.0 Å². The molecule has 0 amide bonds. The zero-order chi connectivity index (χ0) is 16.5. The highest BCUT2D eigenvalue weighted by atomic mass is 32.2. The number of aromatic nitrogens is 2. The Morgan fingerprint density at radius 3 is 2.59 bits per heavy atom. The van der Waals surface area contributed by atoms with Gasteiger partial charge in [-0.05, 0) is 19.1 Å². The molecule has 1 aromatic heterocycles. The normalized spacial score (nSPS) is 11.6. The van der Waals surface area contributed by atoms with Crippen LogP contribution in [0.25, 0.3) is 11.1 Å². The molecule has 0 bridgehead atoms. The van der Waals surface area contributed by atoms with Crippen molar-refractivity contribution < 1.29 is 27.1 Å². The molecule has 0 unspecified atom stereocenters. The first-order valence-corrected chi connectivity index (χ1v) is 7.83. The van der Waals surface area contributed by atoms with E-state index in [-0.39, 0.29) is 22.4 Å². The fourth-order valence-corrected chi connectivity index (χ4v) is 2.57. The molecular formula is C13H12F2N2O4S. The van der Waals surface area contributed by atoms with Gasteiger partial charge in [-0.3, -0.25) is 4.79 Å². The summed E-state index contributed by atoms with van der Waals surface area (Å²) in [5, 5.41) is 12.2. The van der Waals surface area contributed by atoms with E-state index in [4.69, 9.17) is 5.11 Å². The van der Waals surface area contributed by atoms with Crippen LogP contribution in [0.2, 0.25) is 0 Å². The summed E-state index contributed by atoms with van der Waals surface area (Å²) in [7, 11) is -3.62. The van der Waals surface area contributed by atoms with Crippen LogP contribution in [-0.2, 0) is 21.2 Å². The quantitative estimate of drug-likeness (QED) is 0.900. The zero-order valence-corrected chi connectivity index (χ0v) is 12.3. The van der Waals surface area contributed by atoms with E-state index in [1.54, 1.807) is 0 Å². The molecule has 0 saturated heterocycles. The van der Waals surface area contributed by atoms with Crippen molar-refractivity contribution in [1.82, 2.24) is 9.19 Å². The molecular weight excluding hydrogens is 318 g/mol. The summed E-state index contributed by atoms with van der Waals surface area (Å²) >= 11 is 0. The van der Waals surface area contributed by atoms with Crippen molar-refractivity contribution in [1.29, 1.82) is 0 Å². The number of carboxylic acids is 1. The fraction of sp³-hybridized carbons (Fsp3) is 0.231. The largest absolute Gasteiger partial charge is 0.481 e. The molecule has 0 aliphatic rings. The number of aliphatic carboxylic acids is 1. The molecule has 6 nitrogen and oxygen atoms in total. The minimum atomic E-state index is -3.62. The van der Waals surface area contributed by atoms with Crippen LogP contribution in [0.15, 0.2) is 24.5 Å². The predicted molar refractivity (Wildman–Crippen MR) is 73.8 cm³/mol. The second-order valence-corrected chi connectivity index (χ2v) is 6.61. The van der Waals surface area contributed by atoms with Gasteiger partial charge in [0.1, 0.15) is 11.6 Å². The van der Waals surface area contributed by atoms with Crippen molar-refractivity contribution in [2.45, 2.75) is 13.3 Å². The van der Waals surface area contributed by atoms with Gasteiger partial charge < -0.3 is 5.11 Å².